The van der Waals surface area contributed by atoms with Crippen molar-refractivity contribution >= 4 is 11.3 Å². The van der Waals surface area contributed by atoms with Crippen LogP contribution in [0.25, 0.3) is 10.4 Å². The van der Waals surface area contributed by atoms with Crippen molar-refractivity contribution in [1.29, 1.82) is 0 Å². The molecular formula is C12H11O2S. The molecular weight excluding hydrogens is 208 g/mol. The van der Waals surface area contributed by atoms with Crippen LogP contribution in [0.15, 0.2) is 30.3 Å². The van der Waals surface area contributed by atoms with Crippen LogP contribution in [0.2, 0.25) is 0 Å². The van der Waals surface area contributed by atoms with Gasteiger partial charge in [-0.3, -0.25) is 0 Å². The van der Waals surface area contributed by atoms with Gasteiger partial charge in [0.15, 0.2) is 0 Å². The Morgan fingerprint density at radius 2 is 2.00 bits per heavy atom. The Balaban J connectivity index is 2.52. The van der Waals surface area contributed by atoms with Gasteiger partial charge in [0.25, 0.3) is 0 Å². The second-order valence-electron chi connectivity index (χ2n) is 2.98. The van der Waals surface area contributed by atoms with Crippen molar-refractivity contribution in [1.82, 2.24) is 0 Å². The van der Waals surface area contributed by atoms with E-state index in [1.807, 2.05) is 30.3 Å². The highest BCUT2D eigenvalue weighted by Crippen LogP contribution is 2.35. The standard InChI is InChI=1S/C12H11O2S/c1-13-9-5-6-11(14-2)10(8-9)12-4-3-7-15-12/h3-6,8H,1-2H3. The molecule has 1 radical (unpaired) electrons. The van der Waals surface area contributed by atoms with Gasteiger partial charge in [0.1, 0.15) is 11.5 Å². The molecule has 0 spiro atoms. The number of hydrogen-bond donors (Lipinski definition) is 0. The molecule has 1 aromatic heterocycles. The van der Waals surface area contributed by atoms with Crippen molar-refractivity contribution < 1.29 is 9.47 Å². The van der Waals surface area contributed by atoms with Gasteiger partial charge < -0.3 is 9.47 Å². The summed E-state index contributed by atoms with van der Waals surface area (Å²) in [5.41, 5.74) is 1.04. The zero-order valence-electron chi connectivity index (χ0n) is 8.61. The molecule has 0 saturated carbocycles. The van der Waals surface area contributed by atoms with E-state index in [1.165, 1.54) is 0 Å². The second-order valence-corrected chi connectivity index (χ2v) is 3.86. The van der Waals surface area contributed by atoms with Crippen LogP contribution in [-0.4, -0.2) is 14.2 Å². The normalized spacial score (nSPS) is 10.0. The van der Waals surface area contributed by atoms with Crippen LogP contribution in [0.3, 0.4) is 0 Å². The lowest BCUT2D eigenvalue weighted by atomic mass is 10.1. The van der Waals surface area contributed by atoms with Crippen molar-refractivity contribution in [3.63, 3.8) is 0 Å². The van der Waals surface area contributed by atoms with Gasteiger partial charge in [-0.05, 0) is 30.3 Å². The van der Waals surface area contributed by atoms with Crippen LogP contribution in [0.4, 0.5) is 0 Å². The molecule has 3 heteroatoms. The minimum Gasteiger partial charge on any atom is -0.497 e. The average Bonchev–Trinajstić information content (AvgIpc) is 2.81. The highest BCUT2D eigenvalue weighted by Gasteiger charge is 2.07. The fraction of sp³-hybridized carbons (Fsp3) is 0.167. The van der Waals surface area contributed by atoms with Gasteiger partial charge in [0, 0.05) is 15.8 Å². The fourth-order valence-electron chi connectivity index (χ4n) is 1.39. The highest BCUT2D eigenvalue weighted by atomic mass is 32.1. The summed E-state index contributed by atoms with van der Waals surface area (Å²) in [7, 11) is 3.33. The Morgan fingerprint density at radius 3 is 2.60 bits per heavy atom. The third-order valence-electron chi connectivity index (χ3n) is 2.14. The maximum absolute atomic E-state index is 5.31. The smallest absolute Gasteiger partial charge is 0.127 e. The molecule has 2 rings (SSSR count). The van der Waals surface area contributed by atoms with E-state index in [9.17, 15) is 0 Å². The van der Waals surface area contributed by atoms with E-state index in [2.05, 4.69) is 5.38 Å². The molecule has 0 amide bonds. The van der Waals surface area contributed by atoms with E-state index < -0.39 is 0 Å². The molecule has 1 aromatic carbocycles. The highest BCUT2D eigenvalue weighted by molar-refractivity contribution is 7.13. The molecule has 0 aliphatic rings. The molecule has 77 valence electrons. The number of thiophene rings is 1. The lowest BCUT2D eigenvalue weighted by molar-refractivity contribution is 0.404. The molecule has 0 atom stereocenters. The van der Waals surface area contributed by atoms with E-state index in [0.29, 0.717) is 0 Å². The number of methoxy groups -OCH3 is 2. The van der Waals surface area contributed by atoms with Gasteiger partial charge in [0.05, 0.1) is 14.2 Å². The number of rotatable bonds is 3. The van der Waals surface area contributed by atoms with Gasteiger partial charge in [-0.25, -0.2) is 0 Å². The Kier molecular flexibility index (Phi) is 2.92. The van der Waals surface area contributed by atoms with Gasteiger partial charge in [-0.1, -0.05) is 0 Å². The molecule has 0 bridgehead atoms. The summed E-state index contributed by atoms with van der Waals surface area (Å²) in [4.78, 5) is 1.13. The Labute approximate surface area is 93.1 Å². The van der Waals surface area contributed by atoms with Crippen LogP contribution in [0.1, 0.15) is 0 Å². The van der Waals surface area contributed by atoms with E-state index in [0.717, 1.165) is 21.9 Å². The van der Waals surface area contributed by atoms with Crippen molar-refractivity contribution in [3.8, 4) is 21.9 Å². The molecule has 0 aliphatic heterocycles. The second kappa shape index (κ2) is 4.36. The topological polar surface area (TPSA) is 18.5 Å². The van der Waals surface area contributed by atoms with Crippen LogP contribution in [0, 0.1) is 5.38 Å². The summed E-state index contributed by atoms with van der Waals surface area (Å²) in [6, 6.07) is 9.69. The fourth-order valence-corrected chi connectivity index (χ4v) is 2.06. The predicted octanol–water partition coefficient (Wildman–Crippen LogP) is 3.23. The van der Waals surface area contributed by atoms with Gasteiger partial charge in [-0.15, -0.1) is 11.3 Å². The van der Waals surface area contributed by atoms with Crippen LogP contribution in [-0.2, 0) is 0 Å². The van der Waals surface area contributed by atoms with Gasteiger partial charge in [0.2, 0.25) is 0 Å². The van der Waals surface area contributed by atoms with Crippen LogP contribution >= 0.6 is 11.3 Å². The molecule has 1 heterocycles. The average molecular weight is 219 g/mol. The van der Waals surface area contributed by atoms with Crippen molar-refractivity contribution in [3.05, 3.63) is 35.7 Å². The first-order chi connectivity index (χ1) is 7.35. The number of ether oxygens (including phenoxy) is 2. The minimum atomic E-state index is 0.833. The maximum Gasteiger partial charge on any atom is 0.127 e. The van der Waals surface area contributed by atoms with Gasteiger partial charge >= 0.3 is 0 Å². The van der Waals surface area contributed by atoms with Gasteiger partial charge in [-0.2, -0.15) is 0 Å². The molecule has 0 fully saturated rings. The summed E-state index contributed by atoms with van der Waals surface area (Å²) >= 11 is 1.56. The van der Waals surface area contributed by atoms with Crippen LogP contribution in [0.5, 0.6) is 11.5 Å². The first kappa shape index (κ1) is 10.1. The molecule has 0 saturated heterocycles. The Morgan fingerprint density at radius 1 is 1.13 bits per heavy atom. The van der Waals surface area contributed by atoms with E-state index in [-0.39, 0.29) is 0 Å². The third kappa shape index (κ3) is 1.97. The first-order valence-electron chi connectivity index (χ1n) is 4.53. The molecule has 15 heavy (non-hydrogen) atoms. The zero-order valence-corrected chi connectivity index (χ0v) is 9.43. The monoisotopic (exact) mass is 219 g/mol. The molecule has 0 N–H and O–H groups in total. The molecule has 0 unspecified atom stereocenters. The summed E-state index contributed by atoms with van der Waals surface area (Å²) in [5, 5.41) is 3.06. The zero-order chi connectivity index (χ0) is 10.7. The predicted molar refractivity (Wildman–Crippen MR) is 61.7 cm³/mol. The number of hydrogen-bond acceptors (Lipinski definition) is 3. The van der Waals surface area contributed by atoms with Crippen molar-refractivity contribution in [2.45, 2.75) is 0 Å². The molecule has 2 nitrogen and oxygen atoms in total. The SMILES string of the molecule is COc1ccc(OC)c(-c2cc[c]s2)c1. The quantitative estimate of drug-likeness (QED) is 0.789. The van der Waals surface area contributed by atoms with E-state index >= 15 is 0 Å². The van der Waals surface area contributed by atoms with E-state index in [1.54, 1.807) is 25.6 Å². The summed E-state index contributed by atoms with van der Waals surface area (Å²) in [6.07, 6.45) is 0. The first-order valence-corrected chi connectivity index (χ1v) is 5.35. The molecule has 0 aliphatic carbocycles. The third-order valence-corrected chi connectivity index (χ3v) is 2.97. The lowest BCUT2D eigenvalue weighted by Crippen LogP contribution is -1.88. The Hall–Kier alpha value is -1.48. The summed E-state index contributed by atoms with van der Waals surface area (Å²) < 4.78 is 10.5. The van der Waals surface area contributed by atoms with Crippen LogP contribution < -0.4 is 9.47 Å². The number of benzene rings is 1. The maximum atomic E-state index is 5.31. The summed E-state index contributed by atoms with van der Waals surface area (Å²) in [5.74, 6) is 1.69. The summed E-state index contributed by atoms with van der Waals surface area (Å²) in [6.45, 7) is 0. The lowest BCUT2D eigenvalue weighted by Gasteiger charge is -2.08. The van der Waals surface area contributed by atoms with Crippen molar-refractivity contribution in [2.75, 3.05) is 14.2 Å². The minimum absolute atomic E-state index is 0.833. The van der Waals surface area contributed by atoms with E-state index in [4.69, 9.17) is 9.47 Å². The largest absolute Gasteiger partial charge is 0.497 e. The Bertz CT molecular complexity index is 435. The molecule has 2 aromatic rings. The van der Waals surface area contributed by atoms with Crippen molar-refractivity contribution in [2.24, 2.45) is 0 Å².